The van der Waals surface area contributed by atoms with E-state index >= 15 is 0 Å². The predicted molar refractivity (Wildman–Crippen MR) is 182 cm³/mol. The van der Waals surface area contributed by atoms with E-state index in [0.29, 0.717) is 44.2 Å². The molecule has 2 aromatic carbocycles. The van der Waals surface area contributed by atoms with Gasteiger partial charge in [0.1, 0.15) is 11.6 Å². The second-order valence-corrected chi connectivity index (χ2v) is 13.9. The van der Waals surface area contributed by atoms with Crippen molar-refractivity contribution < 1.29 is 14.3 Å². The van der Waals surface area contributed by atoms with Gasteiger partial charge in [-0.15, -0.1) is 0 Å². The molecule has 2 atom stereocenters. The molecule has 0 N–H and O–H groups in total. The molecule has 0 radical (unpaired) electrons. The summed E-state index contributed by atoms with van der Waals surface area (Å²) >= 11 is 6.48. The molecule has 9 nitrogen and oxygen atoms in total. The van der Waals surface area contributed by atoms with E-state index in [0.717, 1.165) is 35.4 Å². The minimum absolute atomic E-state index is 0.113. The molecule has 3 heterocycles. The highest BCUT2D eigenvalue weighted by Gasteiger charge is 2.43. The molecule has 0 bridgehead atoms. The van der Waals surface area contributed by atoms with Gasteiger partial charge in [0.15, 0.2) is 0 Å². The number of amides is 2. The molecule has 1 unspecified atom stereocenters. The van der Waals surface area contributed by atoms with Gasteiger partial charge >= 0.3 is 6.09 Å². The molecule has 4 aromatic rings. The lowest BCUT2D eigenvalue weighted by Gasteiger charge is -2.45. The Labute approximate surface area is 282 Å². The number of hydrogen-bond donors (Lipinski definition) is 0. The maximum atomic E-state index is 14.9. The Morgan fingerprint density at radius 3 is 2.55 bits per heavy atom. The van der Waals surface area contributed by atoms with E-state index in [2.05, 4.69) is 28.1 Å². The SMILES string of the molecule is Cn1cncc1CCN(Cc1ccccc1)C(=O)[C@H]1CN(C2c3ccc(Cl)cc3CCc3cccnc32)CCN1C(=O)OC(C)(C)C. The van der Waals surface area contributed by atoms with Gasteiger partial charge in [0, 0.05) is 69.3 Å². The van der Waals surface area contributed by atoms with Crippen molar-refractivity contribution in [3.05, 3.63) is 118 Å². The largest absolute Gasteiger partial charge is 0.444 e. The van der Waals surface area contributed by atoms with Crippen LogP contribution in [0.3, 0.4) is 0 Å². The molecule has 2 aromatic heterocycles. The molecule has 246 valence electrons. The Bertz CT molecular complexity index is 1720. The predicted octanol–water partition coefficient (Wildman–Crippen LogP) is 5.85. The number of carbonyl (C=O) groups is 2. The molecule has 10 heteroatoms. The van der Waals surface area contributed by atoms with Crippen molar-refractivity contribution in [2.45, 2.75) is 64.3 Å². The first-order valence-electron chi connectivity index (χ1n) is 16.3. The fourth-order valence-corrected chi connectivity index (χ4v) is 6.89. The van der Waals surface area contributed by atoms with Gasteiger partial charge < -0.3 is 14.2 Å². The van der Waals surface area contributed by atoms with Gasteiger partial charge in [-0.05, 0) is 74.1 Å². The van der Waals surface area contributed by atoms with Gasteiger partial charge in [-0.25, -0.2) is 9.78 Å². The lowest BCUT2D eigenvalue weighted by Crippen LogP contribution is -2.62. The number of pyridine rings is 1. The second-order valence-electron chi connectivity index (χ2n) is 13.5. The third kappa shape index (κ3) is 7.52. The van der Waals surface area contributed by atoms with Crippen LogP contribution in [0.15, 0.2) is 79.4 Å². The van der Waals surface area contributed by atoms with Gasteiger partial charge in [0.25, 0.3) is 0 Å². The van der Waals surface area contributed by atoms with Crippen LogP contribution in [-0.2, 0) is 42.4 Å². The van der Waals surface area contributed by atoms with Crippen LogP contribution in [0, 0.1) is 0 Å². The zero-order valence-corrected chi connectivity index (χ0v) is 28.4. The molecule has 47 heavy (non-hydrogen) atoms. The Morgan fingerprint density at radius 1 is 1.02 bits per heavy atom. The second kappa shape index (κ2) is 13.9. The minimum atomic E-state index is -0.764. The highest BCUT2D eigenvalue weighted by Crippen LogP contribution is 2.38. The average Bonchev–Trinajstić information content (AvgIpc) is 3.39. The van der Waals surface area contributed by atoms with Crippen LogP contribution in [0.4, 0.5) is 4.79 Å². The number of rotatable bonds is 7. The summed E-state index contributed by atoms with van der Waals surface area (Å²) < 4.78 is 7.85. The average molecular weight is 655 g/mol. The van der Waals surface area contributed by atoms with Gasteiger partial charge in [0.05, 0.1) is 18.1 Å². The van der Waals surface area contributed by atoms with E-state index in [1.165, 1.54) is 11.1 Å². The molecule has 6 rings (SSSR count). The van der Waals surface area contributed by atoms with E-state index < -0.39 is 17.7 Å². The first-order valence-corrected chi connectivity index (χ1v) is 16.7. The maximum Gasteiger partial charge on any atom is 0.411 e. The highest BCUT2D eigenvalue weighted by molar-refractivity contribution is 6.30. The number of halogens is 1. The number of aryl methyl sites for hydroxylation is 3. The lowest BCUT2D eigenvalue weighted by atomic mass is 9.95. The number of hydrogen-bond acceptors (Lipinski definition) is 6. The van der Waals surface area contributed by atoms with E-state index in [4.69, 9.17) is 21.3 Å². The van der Waals surface area contributed by atoms with E-state index in [1.807, 2.05) is 92.1 Å². The molecular formula is C37H43ClN6O3. The molecule has 0 saturated carbocycles. The molecule has 1 aliphatic heterocycles. The first kappa shape index (κ1) is 32.7. The maximum absolute atomic E-state index is 14.9. The van der Waals surface area contributed by atoms with Crippen molar-refractivity contribution in [3.8, 4) is 0 Å². The highest BCUT2D eigenvalue weighted by atomic mass is 35.5. The first-order chi connectivity index (χ1) is 22.6. The van der Waals surface area contributed by atoms with Crippen LogP contribution in [0.2, 0.25) is 5.02 Å². The number of imidazole rings is 1. The van der Waals surface area contributed by atoms with E-state index in [-0.39, 0.29) is 11.9 Å². The molecule has 1 saturated heterocycles. The summed E-state index contributed by atoms with van der Waals surface area (Å²) in [5.41, 5.74) is 5.84. The van der Waals surface area contributed by atoms with Crippen molar-refractivity contribution in [2.24, 2.45) is 7.05 Å². The van der Waals surface area contributed by atoms with Crippen LogP contribution in [0.25, 0.3) is 0 Å². The summed E-state index contributed by atoms with van der Waals surface area (Å²) in [7, 11) is 1.96. The fraction of sp³-hybridized carbons (Fsp3) is 0.405. The number of carbonyl (C=O) groups excluding carboxylic acids is 2. The molecule has 1 aliphatic carbocycles. The van der Waals surface area contributed by atoms with Crippen LogP contribution < -0.4 is 0 Å². The summed E-state index contributed by atoms with van der Waals surface area (Å²) in [5.74, 6) is -0.113. The van der Waals surface area contributed by atoms with Crippen molar-refractivity contribution >= 4 is 23.6 Å². The Kier molecular flexibility index (Phi) is 9.66. The van der Waals surface area contributed by atoms with Crippen molar-refractivity contribution in [1.29, 1.82) is 0 Å². The Hall–Kier alpha value is -4.21. The van der Waals surface area contributed by atoms with Gasteiger partial charge in [-0.3, -0.25) is 19.6 Å². The lowest BCUT2D eigenvalue weighted by molar-refractivity contribution is -0.140. The van der Waals surface area contributed by atoms with Gasteiger partial charge in [0.2, 0.25) is 5.91 Å². The topological polar surface area (TPSA) is 83.8 Å². The number of fused-ring (bicyclic) bond motifs is 2. The van der Waals surface area contributed by atoms with E-state index in [1.54, 1.807) is 11.2 Å². The normalized spacial score (nSPS) is 18.2. The van der Waals surface area contributed by atoms with Crippen LogP contribution >= 0.6 is 11.6 Å². The quantitative estimate of drug-likeness (QED) is 0.249. The van der Waals surface area contributed by atoms with Gasteiger partial charge in [-0.2, -0.15) is 0 Å². The monoisotopic (exact) mass is 654 g/mol. The van der Waals surface area contributed by atoms with Crippen molar-refractivity contribution in [2.75, 3.05) is 26.2 Å². The van der Waals surface area contributed by atoms with Crippen LogP contribution in [-0.4, -0.2) is 79.1 Å². The molecule has 0 spiro atoms. The zero-order valence-electron chi connectivity index (χ0n) is 27.6. The number of ether oxygens (including phenoxy) is 1. The summed E-state index contributed by atoms with van der Waals surface area (Å²) in [6.07, 6.45) is 7.30. The van der Waals surface area contributed by atoms with E-state index in [9.17, 15) is 9.59 Å². The molecule has 2 amide bonds. The van der Waals surface area contributed by atoms with Gasteiger partial charge in [-0.1, -0.05) is 54.1 Å². The number of piperazine rings is 1. The molecule has 2 aliphatic rings. The van der Waals surface area contributed by atoms with Crippen LogP contribution in [0.1, 0.15) is 60.5 Å². The summed E-state index contributed by atoms with van der Waals surface area (Å²) in [5, 5.41) is 0.703. The third-order valence-corrected chi connectivity index (χ3v) is 9.26. The van der Waals surface area contributed by atoms with Crippen molar-refractivity contribution in [3.63, 3.8) is 0 Å². The summed E-state index contributed by atoms with van der Waals surface area (Å²) in [6, 6.07) is 19.2. The Balaban J connectivity index is 1.37. The Morgan fingerprint density at radius 2 is 1.81 bits per heavy atom. The third-order valence-electron chi connectivity index (χ3n) is 9.02. The molecule has 1 fully saturated rings. The fourth-order valence-electron chi connectivity index (χ4n) is 6.70. The minimum Gasteiger partial charge on any atom is -0.444 e. The number of aromatic nitrogens is 3. The smallest absolute Gasteiger partial charge is 0.411 e. The molecular weight excluding hydrogens is 612 g/mol. The number of nitrogens with zero attached hydrogens (tertiary/aromatic N) is 6. The zero-order chi connectivity index (χ0) is 33.1. The summed E-state index contributed by atoms with van der Waals surface area (Å²) in [4.78, 5) is 43.6. The van der Waals surface area contributed by atoms with Crippen molar-refractivity contribution in [1.82, 2.24) is 29.2 Å². The van der Waals surface area contributed by atoms with Crippen LogP contribution in [0.5, 0.6) is 0 Å². The number of benzene rings is 2. The summed E-state index contributed by atoms with van der Waals surface area (Å²) in [6.45, 7) is 7.68. The standard InChI is InChI=1S/C37H43ClN6O3/c1-37(2,3)47-36(46)44-20-19-42(34-31-15-14-29(38)21-28(31)13-12-27-11-8-17-40-33(27)34)24-32(44)35(45)43(23-26-9-6-5-7-10-26)18-16-30-22-39-25-41(30)4/h5-11,14-15,17,21-22,25,32,34H,12-13,16,18-20,23-24H2,1-4H3/t32-,34?/m1/s1.